The Labute approximate surface area is 132 Å². The molecule has 2 aromatic heterocycles. The number of aromatic amines is 1. The first-order valence-corrected chi connectivity index (χ1v) is 7.65. The highest BCUT2D eigenvalue weighted by molar-refractivity contribution is 5.88. The van der Waals surface area contributed by atoms with Crippen molar-refractivity contribution in [2.45, 2.75) is 25.4 Å². The zero-order valence-corrected chi connectivity index (χ0v) is 12.5. The fourth-order valence-corrected chi connectivity index (χ4v) is 3.27. The van der Waals surface area contributed by atoms with E-state index in [1.54, 1.807) is 0 Å². The number of nitrogens with zero attached hydrogens (tertiary/aromatic N) is 3. The summed E-state index contributed by atoms with van der Waals surface area (Å²) in [5, 5.41) is 4.85. The molecule has 7 heteroatoms. The van der Waals surface area contributed by atoms with E-state index in [1.165, 1.54) is 10.9 Å². The van der Waals surface area contributed by atoms with Gasteiger partial charge in [-0.1, -0.05) is 23.4 Å². The number of likely N-dealkylation sites (tertiary alicyclic amines) is 1. The summed E-state index contributed by atoms with van der Waals surface area (Å²) in [7, 11) is 0. The Hall–Kier alpha value is -2.67. The fourth-order valence-electron chi connectivity index (χ4n) is 3.27. The first kappa shape index (κ1) is 14.0. The molecule has 4 rings (SSSR count). The van der Waals surface area contributed by atoms with Crippen LogP contribution in [0.15, 0.2) is 35.0 Å². The van der Waals surface area contributed by atoms with E-state index >= 15 is 0 Å². The van der Waals surface area contributed by atoms with Gasteiger partial charge in [0.15, 0.2) is 0 Å². The summed E-state index contributed by atoms with van der Waals surface area (Å²) >= 11 is 0. The van der Waals surface area contributed by atoms with Crippen LogP contribution in [0.5, 0.6) is 0 Å². The van der Waals surface area contributed by atoms with E-state index in [1.807, 2.05) is 6.20 Å². The van der Waals surface area contributed by atoms with Crippen LogP contribution in [0.3, 0.4) is 0 Å². The maximum atomic E-state index is 11.1. The third-order valence-electron chi connectivity index (χ3n) is 4.36. The Bertz CT molecular complexity index is 853. The minimum absolute atomic E-state index is 0.0285. The van der Waals surface area contributed by atoms with Crippen LogP contribution in [0.25, 0.3) is 10.9 Å². The van der Waals surface area contributed by atoms with Crippen molar-refractivity contribution in [1.29, 1.82) is 0 Å². The highest BCUT2D eigenvalue weighted by Gasteiger charge is 2.31. The molecule has 3 aromatic rings. The number of aromatic nitrogens is 3. The first-order valence-electron chi connectivity index (χ1n) is 7.65. The Kier molecular flexibility index (Phi) is 3.34. The lowest BCUT2D eigenvalue weighted by atomic mass is 10.1. The largest absolute Gasteiger partial charge is 0.363 e. The molecule has 1 saturated heterocycles. The molecule has 1 aliphatic rings. The van der Waals surface area contributed by atoms with Crippen LogP contribution in [-0.2, 0) is 6.54 Å². The van der Waals surface area contributed by atoms with E-state index in [9.17, 15) is 4.79 Å². The number of nitrogens with two attached hydrogens (primary N) is 1. The van der Waals surface area contributed by atoms with E-state index < -0.39 is 5.91 Å². The number of primary amides is 1. The number of carbonyl (C=O) groups excluding carboxylic acids is 1. The summed E-state index contributed by atoms with van der Waals surface area (Å²) < 4.78 is 5.24. The molecule has 1 aromatic carbocycles. The molecule has 0 bridgehead atoms. The minimum atomic E-state index is -0.666. The smallest absolute Gasteiger partial charge is 0.290 e. The normalized spacial score (nSPS) is 18.7. The summed E-state index contributed by atoms with van der Waals surface area (Å²) in [4.78, 5) is 20.9. The molecule has 0 spiro atoms. The summed E-state index contributed by atoms with van der Waals surface area (Å²) in [5.74, 6) is -0.256. The number of rotatable bonds is 4. The molecule has 0 aliphatic carbocycles. The summed E-state index contributed by atoms with van der Waals surface area (Å²) in [5.41, 5.74) is 7.58. The highest BCUT2D eigenvalue weighted by Crippen LogP contribution is 2.33. The summed E-state index contributed by atoms with van der Waals surface area (Å²) in [6.45, 7) is 1.74. The number of carbonyl (C=O) groups is 1. The van der Waals surface area contributed by atoms with Crippen molar-refractivity contribution in [2.75, 3.05) is 6.54 Å². The Morgan fingerprint density at radius 1 is 1.43 bits per heavy atom. The second kappa shape index (κ2) is 5.51. The topological polar surface area (TPSA) is 101 Å². The van der Waals surface area contributed by atoms with Gasteiger partial charge in [0.05, 0.1) is 6.04 Å². The SMILES string of the molecule is NC(=O)c1noc([C@@H]2CCCN2Cc2cccc3cc[nH]c23)n1. The molecule has 0 radical (unpaired) electrons. The van der Waals surface area contributed by atoms with Crippen molar-refractivity contribution in [3.05, 3.63) is 47.7 Å². The van der Waals surface area contributed by atoms with Crippen LogP contribution in [0, 0.1) is 0 Å². The van der Waals surface area contributed by atoms with E-state index in [2.05, 4.69) is 44.3 Å². The number of fused-ring (bicyclic) bond motifs is 1. The van der Waals surface area contributed by atoms with Crippen LogP contribution in [-0.4, -0.2) is 32.5 Å². The van der Waals surface area contributed by atoms with Gasteiger partial charge in [-0.15, -0.1) is 0 Å². The number of para-hydroxylation sites is 1. The lowest BCUT2D eigenvalue weighted by Gasteiger charge is -2.21. The van der Waals surface area contributed by atoms with Gasteiger partial charge in [-0.25, -0.2) is 0 Å². The van der Waals surface area contributed by atoms with E-state index in [-0.39, 0.29) is 11.9 Å². The molecule has 3 heterocycles. The van der Waals surface area contributed by atoms with Crippen molar-refractivity contribution in [3.8, 4) is 0 Å². The van der Waals surface area contributed by atoms with Crippen molar-refractivity contribution in [2.24, 2.45) is 5.73 Å². The summed E-state index contributed by atoms with van der Waals surface area (Å²) in [6.07, 6.45) is 3.94. The van der Waals surface area contributed by atoms with Crippen LogP contribution in [0.2, 0.25) is 0 Å². The Balaban J connectivity index is 1.60. The average Bonchev–Trinajstić information content (AvgIpc) is 3.27. The predicted molar refractivity (Wildman–Crippen MR) is 83.5 cm³/mol. The van der Waals surface area contributed by atoms with Gasteiger partial charge >= 0.3 is 0 Å². The quantitative estimate of drug-likeness (QED) is 0.767. The van der Waals surface area contributed by atoms with Crippen LogP contribution >= 0.6 is 0 Å². The van der Waals surface area contributed by atoms with Crippen molar-refractivity contribution < 1.29 is 9.32 Å². The van der Waals surface area contributed by atoms with Gasteiger partial charge in [0.1, 0.15) is 0 Å². The number of nitrogens with one attached hydrogen (secondary N) is 1. The van der Waals surface area contributed by atoms with Crippen molar-refractivity contribution >= 4 is 16.8 Å². The number of hydrogen-bond acceptors (Lipinski definition) is 5. The molecule has 0 saturated carbocycles. The third kappa shape index (κ3) is 2.49. The van der Waals surface area contributed by atoms with Gasteiger partial charge in [-0.05, 0) is 36.4 Å². The number of amides is 1. The van der Waals surface area contributed by atoms with Crippen LogP contribution in [0.1, 0.15) is 41.0 Å². The van der Waals surface area contributed by atoms with Gasteiger partial charge < -0.3 is 15.2 Å². The molecular formula is C16H17N5O2. The van der Waals surface area contributed by atoms with E-state index in [4.69, 9.17) is 10.3 Å². The number of H-pyrrole nitrogens is 1. The molecule has 1 fully saturated rings. The van der Waals surface area contributed by atoms with Gasteiger partial charge in [0, 0.05) is 18.3 Å². The number of hydrogen-bond donors (Lipinski definition) is 2. The lowest BCUT2D eigenvalue weighted by Crippen LogP contribution is -2.23. The molecule has 0 unspecified atom stereocenters. The molecule has 1 amide bonds. The van der Waals surface area contributed by atoms with Gasteiger partial charge in [0.2, 0.25) is 5.89 Å². The standard InChI is InChI=1S/C16H17N5O2/c17-14(22)15-19-16(23-20-15)12-5-2-8-21(12)9-11-4-1-3-10-6-7-18-13(10)11/h1,3-4,6-7,12,18H,2,5,8-9H2,(H2,17,22)/t12-/m0/s1. The van der Waals surface area contributed by atoms with Crippen LogP contribution < -0.4 is 5.73 Å². The average molecular weight is 311 g/mol. The maximum Gasteiger partial charge on any atom is 0.290 e. The van der Waals surface area contributed by atoms with E-state index in [0.29, 0.717) is 5.89 Å². The van der Waals surface area contributed by atoms with Gasteiger partial charge in [0.25, 0.3) is 11.7 Å². The maximum absolute atomic E-state index is 11.1. The predicted octanol–water partition coefficient (Wildman–Crippen LogP) is 1.99. The monoisotopic (exact) mass is 311 g/mol. The Morgan fingerprint density at radius 2 is 2.35 bits per heavy atom. The second-order valence-electron chi connectivity index (χ2n) is 5.81. The Morgan fingerprint density at radius 3 is 3.17 bits per heavy atom. The molecular weight excluding hydrogens is 294 g/mol. The van der Waals surface area contributed by atoms with E-state index in [0.717, 1.165) is 31.4 Å². The van der Waals surface area contributed by atoms with Gasteiger partial charge in [-0.3, -0.25) is 9.69 Å². The second-order valence-corrected chi connectivity index (χ2v) is 5.81. The highest BCUT2D eigenvalue weighted by atomic mass is 16.5. The minimum Gasteiger partial charge on any atom is -0.363 e. The lowest BCUT2D eigenvalue weighted by molar-refractivity contribution is 0.0987. The summed E-state index contributed by atoms with van der Waals surface area (Å²) in [6, 6.07) is 8.37. The molecule has 3 N–H and O–H groups in total. The third-order valence-corrected chi connectivity index (χ3v) is 4.36. The molecule has 1 aliphatic heterocycles. The molecule has 118 valence electrons. The number of benzene rings is 1. The van der Waals surface area contributed by atoms with Gasteiger partial charge in [-0.2, -0.15) is 4.98 Å². The molecule has 1 atom stereocenters. The molecule has 7 nitrogen and oxygen atoms in total. The zero-order valence-electron chi connectivity index (χ0n) is 12.5. The zero-order chi connectivity index (χ0) is 15.8. The van der Waals surface area contributed by atoms with Crippen LogP contribution in [0.4, 0.5) is 0 Å². The fraction of sp³-hybridized carbons (Fsp3) is 0.312. The molecule has 23 heavy (non-hydrogen) atoms. The van der Waals surface area contributed by atoms with Crippen molar-refractivity contribution in [1.82, 2.24) is 20.0 Å². The van der Waals surface area contributed by atoms with Crippen molar-refractivity contribution in [3.63, 3.8) is 0 Å². The first-order chi connectivity index (χ1) is 11.2.